The van der Waals surface area contributed by atoms with Gasteiger partial charge in [0.1, 0.15) is 0 Å². The van der Waals surface area contributed by atoms with Crippen LogP contribution in [-0.4, -0.2) is 7.85 Å². The fourth-order valence-corrected chi connectivity index (χ4v) is 1.34. The largest absolute Gasteiger partial charge is 0.0716 e. The molecule has 0 heterocycles. The summed E-state index contributed by atoms with van der Waals surface area (Å²) in [6.45, 7) is 0. The van der Waals surface area contributed by atoms with Crippen LogP contribution in [0.1, 0.15) is 29.9 Å². The van der Waals surface area contributed by atoms with Crippen LogP contribution in [0.25, 0.3) is 0 Å². The summed E-state index contributed by atoms with van der Waals surface area (Å²) in [5, 5.41) is 0. The minimum atomic E-state index is 0.658. The van der Waals surface area contributed by atoms with Crippen molar-refractivity contribution in [3.05, 3.63) is 35.4 Å². The summed E-state index contributed by atoms with van der Waals surface area (Å²) >= 11 is 0. The summed E-state index contributed by atoms with van der Waals surface area (Å²) < 4.78 is 0. The summed E-state index contributed by atoms with van der Waals surface area (Å²) in [5.74, 6) is 0.863. The zero-order valence-corrected chi connectivity index (χ0v) is 6.59. The lowest BCUT2D eigenvalue weighted by atomic mass is 9.96. The molecule has 0 N–H and O–H groups in total. The third-order valence-corrected chi connectivity index (χ3v) is 2.26. The van der Waals surface area contributed by atoms with Crippen LogP contribution in [0.4, 0.5) is 0 Å². The van der Waals surface area contributed by atoms with Crippen LogP contribution in [0, 0.1) is 0 Å². The predicted molar refractivity (Wildman–Crippen MR) is 47.9 cm³/mol. The van der Waals surface area contributed by atoms with Crippen molar-refractivity contribution in [1.82, 2.24) is 0 Å². The molecule has 0 aromatic heterocycles. The molecule has 0 nitrogen and oxygen atoms in total. The Morgan fingerprint density at radius 2 is 1.82 bits per heavy atom. The maximum Gasteiger partial charge on any atom is 0.0716 e. The monoisotopic (exact) mass is 142 g/mol. The van der Waals surface area contributed by atoms with Gasteiger partial charge in [0.2, 0.25) is 0 Å². The van der Waals surface area contributed by atoms with Crippen molar-refractivity contribution in [2.75, 3.05) is 0 Å². The Morgan fingerprint density at radius 1 is 1.18 bits per heavy atom. The van der Waals surface area contributed by atoms with Crippen molar-refractivity contribution in [3.8, 4) is 0 Å². The Balaban J connectivity index is 2.19. The van der Waals surface area contributed by atoms with Crippen molar-refractivity contribution in [3.63, 3.8) is 0 Å². The first-order chi connectivity index (χ1) is 5.40. The fraction of sp³-hybridized carbons (Fsp3) is 0.400. The highest BCUT2D eigenvalue weighted by molar-refractivity contribution is 6.08. The van der Waals surface area contributed by atoms with E-state index in [1.165, 1.54) is 24.0 Å². The van der Waals surface area contributed by atoms with Crippen molar-refractivity contribution >= 4 is 7.85 Å². The van der Waals surface area contributed by atoms with E-state index in [1.807, 2.05) is 0 Å². The molecule has 0 amide bonds. The van der Waals surface area contributed by atoms with Gasteiger partial charge in [0, 0.05) is 0 Å². The van der Waals surface area contributed by atoms with Crippen molar-refractivity contribution in [2.45, 2.75) is 25.1 Å². The molecule has 1 fully saturated rings. The lowest BCUT2D eigenvalue weighted by Gasteiger charge is -1.99. The Morgan fingerprint density at radius 3 is 2.27 bits per heavy atom. The minimum Gasteiger partial charge on any atom is -0.0643 e. The quantitative estimate of drug-likeness (QED) is 0.555. The van der Waals surface area contributed by atoms with Crippen LogP contribution in [0.2, 0.25) is 0 Å². The number of rotatable bonds is 2. The second-order valence-corrected chi connectivity index (χ2v) is 3.22. The van der Waals surface area contributed by atoms with Crippen LogP contribution in [0.3, 0.4) is 0 Å². The van der Waals surface area contributed by atoms with E-state index in [0.717, 1.165) is 5.92 Å². The molecule has 1 aliphatic rings. The molecule has 0 saturated heterocycles. The molecule has 1 aromatic rings. The van der Waals surface area contributed by atoms with Gasteiger partial charge in [-0.3, -0.25) is 0 Å². The molecule has 2 radical (unpaired) electrons. The molecular weight excluding hydrogens is 131 g/mol. The van der Waals surface area contributed by atoms with Crippen LogP contribution >= 0.6 is 0 Å². The summed E-state index contributed by atoms with van der Waals surface area (Å²) in [4.78, 5) is 0. The van der Waals surface area contributed by atoms with Gasteiger partial charge in [-0.1, -0.05) is 36.1 Å². The second-order valence-electron chi connectivity index (χ2n) is 3.22. The van der Waals surface area contributed by atoms with E-state index >= 15 is 0 Å². The highest BCUT2D eigenvalue weighted by Gasteiger charge is 2.22. The standard InChI is InChI=1S/C10H11B/c11-7-8-1-3-9(4-2-8)10-5-6-10/h1-4,10H,5-7H2. The molecule has 11 heavy (non-hydrogen) atoms. The topological polar surface area (TPSA) is 0 Å². The first kappa shape index (κ1) is 6.96. The third kappa shape index (κ3) is 1.47. The van der Waals surface area contributed by atoms with Crippen molar-refractivity contribution < 1.29 is 0 Å². The molecule has 1 aliphatic carbocycles. The fourth-order valence-electron chi connectivity index (χ4n) is 1.34. The maximum absolute atomic E-state index is 5.49. The van der Waals surface area contributed by atoms with Crippen LogP contribution in [0.15, 0.2) is 24.3 Å². The number of benzene rings is 1. The van der Waals surface area contributed by atoms with Crippen LogP contribution in [-0.2, 0) is 6.32 Å². The van der Waals surface area contributed by atoms with E-state index in [1.54, 1.807) is 0 Å². The SMILES string of the molecule is [B]Cc1ccc(C2CC2)cc1. The smallest absolute Gasteiger partial charge is 0.0643 e. The maximum atomic E-state index is 5.49. The molecule has 0 bridgehead atoms. The highest BCUT2D eigenvalue weighted by atomic mass is 14.3. The molecule has 1 heteroatoms. The molecule has 1 saturated carbocycles. The van der Waals surface area contributed by atoms with Gasteiger partial charge in [-0.25, -0.2) is 0 Å². The van der Waals surface area contributed by atoms with Crippen molar-refractivity contribution in [1.29, 1.82) is 0 Å². The molecule has 0 atom stereocenters. The number of hydrogen-bond acceptors (Lipinski definition) is 0. The normalized spacial score (nSPS) is 16.7. The summed E-state index contributed by atoms with van der Waals surface area (Å²) in [5.41, 5.74) is 2.72. The lowest BCUT2D eigenvalue weighted by molar-refractivity contribution is 1.12. The van der Waals surface area contributed by atoms with E-state index in [-0.39, 0.29) is 0 Å². The van der Waals surface area contributed by atoms with Crippen LogP contribution < -0.4 is 0 Å². The minimum absolute atomic E-state index is 0.658. The zero-order valence-electron chi connectivity index (χ0n) is 6.59. The molecular formula is C10H11B. The molecule has 1 aromatic carbocycles. The summed E-state index contributed by atoms with van der Waals surface area (Å²) in [6, 6.07) is 8.68. The van der Waals surface area contributed by atoms with E-state index in [0.29, 0.717) is 6.32 Å². The Kier molecular flexibility index (Phi) is 1.73. The average molecular weight is 142 g/mol. The van der Waals surface area contributed by atoms with Gasteiger partial charge in [-0.15, -0.1) is 0 Å². The van der Waals surface area contributed by atoms with E-state index < -0.39 is 0 Å². The van der Waals surface area contributed by atoms with E-state index in [2.05, 4.69) is 24.3 Å². The number of hydrogen-bond donors (Lipinski definition) is 0. The second kappa shape index (κ2) is 2.73. The Hall–Kier alpha value is -0.715. The molecule has 0 spiro atoms. The highest BCUT2D eigenvalue weighted by Crippen LogP contribution is 2.39. The Labute approximate surface area is 69.0 Å². The zero-order chi connectivity index (χ0) is 7.68. The molecule has 0 aliphatic heterocycles. The first-order valence-corrected chi connectivity index (χ1v) is 4.19. The average Bonchev–Trinajstić information content (AvgIpc) is 2.87. The first-order valence-electron chi connectivity index (χ1n) is 4.19. The lowest BCUT2D eigenvalue weighted by Crippen LogP contribution is -1.84. The van der Waals surface area contributed by atoms with Gasteiger partial charge < -0.3 is 0 Å². The van der Waals surface area contributed by atoms with Gasteiger partial charge >= 0.3 is 0 Å². The molecule has 54 valence electrons. The van der Waals surface area contributed by atoms with Gasteiger partial charge in [-0.05, 0) is 24.3 Å². The van der Waals surface area contributed by atoms with E-state index in [9.17, 15) is 0 Å². The molecule has 0 unspecified atom stereocenters. The molecule has 2 rings (SSSR count). The van der Waals surface area contributed by atoms with Gasteiger partial charge in [0.25, 0.3) is 0 Å². The van der Waals surface area contributed by atoms with Gasteiger partial charge in [-0.2, -0.15) is 0 Å². The van der Waals surface area contributed by atoms with Gasteiger partial charge in [0.05, 0.1) is 7.85 Å². The third-order valence-electron chi connectivity index (χ3n) is 2.26. The summed E-state index contributed by atoms with van der Waals surface area (Å²) in [6.07, 6.45) is 3.41. The Bertz CT molecular complexity index is 234. The van der Waals surface area contributed by atoms with Crippen LogP contribution in [0.5, 0.6) is 0 Å². The van der Waals surface area contributed by atoms with Gasteiger partial charge in [0.15, 0.2) is 0 Å². The summed E-state index contributed by atoms with van der Waals surface area (Å²) in [7, 11) is 5.49. The van der Waals surface area contributed by atoms with E-state index in [4.69, 9.17) is 7.85 Å². The predicted octanol–water partition coefficient (Wildman–Crippen LogP) is 2.23. The van der Waals surface area contributed by atoms with Crippen molar-refractivity contribution in [2.24, 2.45) is 0 Å².